The Kier molecular flexibility index (Phi) is 12.2. The topological polar surface area (TPSA) is 110 Å². The van der Waals surface area contributed by atoms with Crippen LogP contribution < -0.4 is 4.74 Å². The molecular formula is C25H35N3O6S. The summed E-state index contributed by atoms with van der Waals surface area (Å²) in [5.41, 5.74) is 0. The second kappa shape index (κ2) is 15.1. The average molecular weight is 506 g/mol. The van der Waals surface area contributed by atoms with Crippen LogP contribution in [0, 0.1) is 0 Å². The Morgan fingerprint density at radius 1 is 0.914 bits per heavy atom. The number of hydrogen-bond acceptors (Lipinski definition) is 8. The quantitative estimate of drug-likeness (QED) is 0.499. The third-order valence-electron chi connectivity index (χ3n) is 5.48. The normalized spacial score (nSPS) is 15.9. The largest absolute Gasteiger partial charge is 0.479 e. The van der Waals surface area contributed by atoms with Gasteiger partial charge in [-0.25, -0.2) is 0 Å². The molecule has 0 radical (unpaired) electrons. The van der Waals surface area contributed by atoms with Gasteiger partial charge in [-0.15, -0.1) is 11.3 Å². The molecule has 0 N–H and O–H groups in total. The zero-order valence-corrected chi connectivity index (χ0v) is 21.6. The number of hydrogen-bond donors (Lipinski definition) is 0. The van der Waals surface area contributed by atoms with Crippen molar-refractivity contribution in [1.82, 2.24) is 15.0 Å². The van der Waals surface area contributed by atoms with E-state index in [-0.39, 0.29) is 23.6 Å². The highest BCUT2D eigenvalue weighted by molar-refractivity contribution is 7.09. The summed E-state index contributed by atoms with van der Waals surface area (Å²) in [6.45, 7) is 4.92. The molecular weight excluding hydrogens is 470 g/mol. The van der Waals surface area contributed by atoms with Crippen molar-refractivity contribution in [3.05, 3.63) is 34.2 Å². The summed E-state index contributed by atoms with van der Waals surface area (Å²) in [4.78, 5) is 50.1. The lowest BCUT2D eigenvalue weighted by molar-refractivity contribution is -0.149. The van der Waals surface area contributed by atoms with Crippen LogP contribution in [0.5, 0.6) is 5.88 Å². The zero-order valence-electron chi connectivity index (χ0n) is 20.8. The van der Waals surface area contributed by atoms with Gasteiger partial charge in [-0.3, -0.25) is 29.0 Å². The molecule has 2 aromatic rings. The molecule has 192 valence electrons. The number of ether oxygens (including phenoxy) is 1. The second-order valence-corrected chi connectivity index (χ2v) is 8.89. The Balaban J connectivity index is 0.000000231. The van der Waals surface area contributed by atoms with E-state index in [2.05, 4.69) is 11.2 Å². The number of piperidine rings is 2. The number of carbonyl (C=O) groups excluding carboxylic acids is 4. The summed E-state index contributed by atoms with van der Waals surface area (Å²) >= 11 is 1.72. The van der Waals surface area contributed by atoms with Gasteiger partial charge in [0.1, 0.15) is 5.76 Å². The maximum Gasteiger partial charge on any atom is 0.254 e. The van der Waals surface area contributed by atoms with E-state index in [4.69, 9.17) is 9.26 Å². The van der Waals surface area contributed by atoms with Crippen LogP contribution in [0.2, 0.25) is 0 Å². The van der Waals surface area contributed by atoms with Crippen molar-refractivity contribution in [2.75, 3.05) is 20.2 Å². The van der Waals surface area contributed by atoms with Gasteiger partial charge in [0, 0.05) is 56.1 Å². The molecule has 35 heavy (non-hydrogen) atoms. The number of methoxy groups -OCH3 is 1. The van der Waals surface area contributed by atoms with Crippen LogP contribution >= 0.6 is 11.3 Å². The molecule has 0 saturated carbocycles. The Hall–Kier alpha value is -3.01. The van der Waals surface area contributed by atoms with Crippen molar-refractivity contribution in [2.45, 2.75) is 71.6 Å². The third-order valence-corrected chi connectivity index (χ3v) is 6.42. The molecule has 2 aromatic heterocycles. The van der Waals surface area contributed by atoms with Crippen molar-refractivity contribution in [1.29, 1.82) is 0 Å². The van der Waals surface area contributed by atoms with Gasteiger partial charge in [0.05, 0.1) is 7.11 Å². The van der Waals surface area contributed by atoms with Gasteiger partial charge in [-0.05, 0) is 42.3 Å². The van der Waals surface area contributed by atoms with E-state index < -0.39 is 0 Å². The second-order valence-electron chi connectivity index (χ2n) is 7.85. The number of rotatable bonds is 8. The molecule has 4 rings (SSSR count). The van der Waals surface area contributed by atoms with Gasteiger partial charge < -0.3 is 9.26 Å². The van der Waals surface area contributed by atoms with E-state index in [1.54, 1.807) is 17.4 Å². The number of imide groups is 2. The highest BCUT2D eigenvalue weighted by atomic mass is 32.1. The van der Waals surface area contributed by atoms with Crippen LogP contribution in [0.1, 0.15) is 69.4 Å². The van der Waals surface area contributed by atoms with Gasteiger partial charge in [-0.2, -0.15) is 0 Å². The lowest BCUT2D eigenvalue weighted by atomic mass is 10.1. The highest BCUT2D eigenvalue weighted by Crippen LogP contribution is 2.16. The van der Waals surface area contributed by atoms with Crippen molar-refractivity contribution in [3.63, 3.8) is 0 Å². The van der Waals surface area contributed by atoms with Gasteiger partial charge in [0.2, 0.25) is 23.6 Å². The number of amides is 4. The standard InChI is InChI=1S/C12H15NO2S.C11H14N2O4.C2H6/c14-11-6-1-7-12(15)13(11)8-2-4-10-5-3-9-16-10;1-16-9-7-8(17-12-9)5-6-13-10(14)3-2-4-11(13)15;1-2/h3,5,9H,1-2,4,6-8H2;7H,2-6H2,1H3;1-2H3. The van der Waals surface area contributed by atoms with Crippen LogP contribution in [0.4, 0.5) is 0 Å². The summed E-state index contributed by atoms with van der Waals surface area (Å²) in [5, 5.41) is 5.70. The van der Waals surface area contributed by atoms with Crippen LogP contribution in [-0.4, -0.2) is 58.8 Å². The Morgan fingerprint density at radius 2 is 1.49 bits per heavy atom. The Bertz CT molecular complexity index is 924. The summed E-state index contributed by atoms with van der Waals surface area (Å²) < 4.78 is 9.87. The molecule has 4 heterocycles. The molecule has 2 aliphatic rings. The fourth-order valence-corrected chi connectivity index (χ4v) is 4.45. The predicted octanol–water partition coefficient (Wildman–Crippen LogP) is 4.01. The lowest BCUT2D eigenvalue weighted by Gasteiger charge is -2.24. The number of thiophene rings is 1. The first-order valence-corrected chi connectivity index (χ1v) is 13.0. The Morgan fingerprint density at radius 3 is 1.97 bits per heavy atom. The number of aromatic nitrogens is 1. The molecule has 2 saturated heterocycles. The van der Waals surface area contributed by atoms with Gasteiger partial charge >= 0.3 is 0 Å². The first-order chi connectivity index (χ1) is 17.0. The molecule has 0 unspecified atom stereocenters. The summed E-state index contributed by atoms with van der Waals surface area (Å²) in [6.07, 6.45) is 5.64. The van der Waals surface area contributed by atoms with Gasteiger partial charge in [-0.1, -0.05) is 19.9 Å². The van der Waals surface area contributed by atoms with E-state index in [0.29, 0.717) is 63.3 Å². The summed E-state index contributed by atoms with van der Waals surface area (Å²) in [5.74, 6) is 0.801. The molecule has 4 amide bonds. The number of carbonyl (C=O) groups is 4. The maximum atomic E-state index is 11.5. The average Bonchev–Trinajstić information content (AvgIpc) is 3.55. The van der Waals surface area contributed by atoms with Crippen LogP contribution in [0.15, 0.2) is 28.1 Å². The van der Waals surface area contributed by atoms with Crippen molar-refractivity contribution in [3.8, 4) is 5.88 Å². The molecule has 0 aliphatic carbocycles. The van der Waals surface area contributed by atoms with Crippen molar-refractivity contribution < 1.29 is 28.4 Å². The van der Waals surface area contributed by atoms with E-state index in [9.17, 15) is 19.2 Å². The molecule has 0 aromatic carbocycles. The van der Waals surface area contributed by atoms with Crippen molar-refractivity contribution in [2.24, 2.45) is 0 Å². The first kappa shape index (κ1) is 28.2. The summed E-state index contributed by atoms with van der Waals surface area (Å²) in [7, 11) is 1.50. The summed E-state index contributed by atoms with van der Waals surface area (Å²) in [6, 6.07) is 5.76. The van der Waals surface area contributed by atoms with E-state index in [1.807, 2.05) is 25.3 Å². The fourth-order valence-electron chi connectivity index (χ4n) is 3.69. The smallest absolute Gasteiger partial charge is 0.254 e. The molecule has 0 bridgehead atoms. The molecule has 0 spiro atoms. The van der Waals surface area contributed by atoms with Gasteiger partial charge in [0.15, 0.2) is 0 Å². The lowest BCUT2D eigenvalue weighted by Crippen LogP contribution is -2.41. The minimum atomic E-state index is -0.104. The third kappa shape index (κ3) is 8.93. The first-order valence-electron chi connectivity index (χ1n) is 12.2. The monoisotopic (exact) mass is 505 g/mol. The predicted molar refractivity (Wildman–Crippen MR) is 132 cm³/mol. The zero-order chi connectivity index (χ0) is 25.6. The SMILES string of the molecule is CC.COc1cc(CCN2C(=O)CCCC2=O)on1.O=C1CCCC(=O)N1CCCc1cccs1. The Labute approximate surface area is 210 Å². The minimum absolute atomic E-state index is 0.00225. The van der Waals surface area contributed by atoms with Crippen LogP contribution in [-0.2, 0) is 32.0 Å². The maximum absolute atomic E-state index is 11.5. The van der Waals surface area contributed by atoms with E-state index in [0.717, 1.165) is 19.3 Å². The fraction of sp³-hybridized carbons (Fsp3) is 0.560. The minimum Gasteiger partial charge on any atom is -0.479 e. The van der Waals surface area contributed by atoms with Crippen LogP contribution in [0.3, 0.4) is 0 Å². The molecule has 9 nitrogen and oxygen atoms in total. The van der Waals surface area contributed by atoms with Gasteiger partial charge in [0.25, 0.3) is 5.88 Å². The van der Waals surface area contributed by atoms with E-state index >= 15 is 0 Å². The van der Waals surface area contributed by atoms with E-state index in [1.165, 1.54) is 21.8 Å². The number of aryl methyl sites for hydroxylation is 1. The highest BCUT2D eigenvalue weighted by Gasteiger charge is 2.26. The van der Waals surface area contributed by atoms with Crippen LogP contribution in [0.25, 0.3) is 0 Å². The molecule has 2 fully saturated rings. The van der Waals surface area contributed by atoms with Crippen molar-refractivity contribution >= 4 is 35.0 Å². The molecule has 10 heteroatoms. The molecule has 0 atom stereocenters. The number of nitrogens with zero attached hydrogens (tertiary/aromatic N) is 3. The molecule has 2 aliphatic heterocycles. The number of likely N-dealkylation sites (tertiary alicyclic amines) is 2.